The van der Waals surface area contributed by atoms with Crippen molar-refractivity contribution in [1.29, 1.82) is 0 Å². The van der Waals surface area contributed by atoms with Crippen molar-refractivity contribution in [3.05, 3.63) is 40.7 Å². The van der Waals surface area contributed by atoms with Gasteiger partial charge in [0, 0.05) is 24.3 Å². The zero-order valence-electron chi connectivity index (χ0n) is 18.1. The molecule has 1 amide bonds. The minimum absolute atomic E-state index is 0.140. The summed E-state index contributed by atoms with van der Waals surface area (Å²) in [6, 6.07) is 5.32. The Morgan fingerprint density at radius 2 is 2.10 bits per heavy atom. The standard InChI is InChI=1S/C21H25ClN6O3/c1-12(2)11-28-19(22)15(13(3)27-28)8-9-18(29)23-21-24-20(25-26-21)16-7-6-14(30-4)10-17(16)31-5/h6-10,12H,11H2,1-5H3,(H2,23,24,25,26,29). The summed E-state index contributed by atoms with van der Waals surface area (Å²) in [7, 11) is 3.13. The van der Waals surface area contributed by atoms with Gasteiger partial charge in [0.25, 0.3) is 5.91 Å². The summed E-state index contributed by atoms with van der Waals surface area (Å²) in [5.74, 6) is 1.83. The van der Waals surface area contributed by atoms with Gasteiger partial charge >= 0.3 is 0 Å². The number of aromatic amines is 1. The van der Waals surface area contributed by atoms with Crippen molar-refractivity contribution in [3.8, 4) is 22.9 Å². The van der Waals surface area contributed by atoms with E-state index in [1.807, 2.05) is 6.92 Å². The second-order valence-corrected chi connectivity index (χ2v) is 7.62. The highest BCUT2D eigenvalue weighted by molar-refractivity contribution is 6.31. The first-order valence-corrected chi connectivity index (χ1v) is 10.1. The lowest BCUT2D eigenvalue weighted by atomic mass is 10.2. The molecule has 9 nitrogen and oxygen atoms in total. The van der Waals surface area contributed by atoms with Crippen molar-refractivity contribution >= 4 is 29.5 Å². The maximum Gasteiger partial charge on any atom is 0.250 e. The first-order chi connectivity index (χ1) is 14.8. The van der Waals surface area contributed by atoms with Crippen LogP contribution in [-0.2, 0) is 11.3 Å². The molecule has 0 saturated carbocycles. The van der Waals surface area contributed by atoms with Gasteiger partial charge in [0.2, 0.25) is 5.95 Å². The molecule has 0 fully saturated rings. The first kappa shape index (κ1) is 22.4. The van der Waals surface area contributed by atoms with Gasteiger partial charge < -0.3 is 9.47 Å². The van der Waals surface area contributed by atoms with Crippen LogP contribution in [0.15, 0.2) is 24.3 Å². The van der Waals surface area contributed by atoms with E-state index in [-0.39, 0.29) is 11.9 Å². The summed E-state index contributed by atoms with van der Waals surface area (Å²) in [6.07, 6.45) is 3.01. The van der Waals surface area contributed by atoms with E-state index in [2.05, 4.69) is 39.4 Å². The lowest BCUT2D eigenvalue weighted by Gasteiger charge is -2.07. The van der Waals surface area contributed by atoms with E-state index >= 15 is 0 Å². The molecule has 1 aromatic carbocycles. The van der Waals surface area contributed by atoms with Gasteiger partial charge in [-0.2, -0.15) is 10.1 Å². The molecule has 10 heteroatoms. The predicted octanol–water partition coefficient (Wildman–Crippen LogP) is 3.96. The average Bonchev–Trinajstić information content (AvgIpc) is 3.30. The number of ether oxygens (including phenoxy) is 2. The number of benzene rings is 1. The van der Waals surface area contributed by atoms with Crippen molar-refractivity contribution < 1.29 is 14.3 Å². The van der Waals surface area contributed by atoms with Gasteiger partial charge in [0.15, 0.2) is 5.82 Å². The van der Waals surface area contributed by atoms with Crippen LogP contribution in [0, 0.1) is 12.8 Å². The van der Waals surface area contributed by atoms with Crippen molar-refractivity contribution in [2.24, 2.45) is 5.92 Å². The number of methoxy groups -OCH3 is 2. The Labute approximate surface area is 185 Å². The molecule has 0 unspecified atom stereocenters. The van der Waals surface area contributed by atoms with Crippen LogP contribution in [0.25, 0.3) is 17.5 Å². The molecule has 3 aromatic rings. The minimum Gasteiger partial charge on any atom is -0.497 e. The fraction of sp³-hybridized carbons (Fsp3) is 0.333. The van der Waals surface area contributed by atoms with E-state index in [1.165, 1.54) is 6.08 Å². The predicted molar refractivity (Wildman–Crippen MR) is 119 cm³/mol. The number of carbonyl (C=O) groups excluding carboxylic acids is 1. The molecule has 0 aliphatic rings. The molecule has 31 heavy (non-hydrogen) atoms. The highest BCUT2D eigenvalue weighted by Crippen LogP contribution is 2.31. The van der Waals surface area contributed by atoms with E-state index in [4.69, 9.17) is 21.1 Å². The third-order valence-corrected chi connectivity index (χ3v) is 4.83. The lowest BCUT2D eigenvalue weighted by Crippen LogP contribution is -2.09. The van der Waals surface area contributed by atoms with Crippen LogP contribution in [0.5, 0.6) is 11.5 Å². The van der Waals surface area contributed by atoms with E-state index in [1.54, 1.807) is 43.2 Å². The van der Waals surface area contributed by atoms with Gasteiger partial charge in [0.05, 0.1) is 25.5 Å². The number of anilines is 1. The van der Waals surface area contributed by atoms with E-state index < -0.39 is 0 Å². The number of nitrogens with one attached hydrogen (secondary N) is 2. The molecule has 0 bridgehead atoms. The van der Waals surface area contributed by atoms with Gasteiger partial charge in [-0.25, -0.2) is 0 Å². The normalized spacial score (nSPS) is 11.3. The second kappa shape index (κ2) is 9.65. The molecule has 2 N–H and O–H groups in total. The van der Waals surface area contributed by atoms with E-state index in [0.29, 0.717) is 46.1 Å². The van der Waals surface area contributed by atoms with Crippen LogP contribution in [0.4, 0.5) is 5.95 Å². The molecule has 3 rings (SSSR count). The number of carbonyl (C=O) groups is 1. The van der Waals surface area contributed by atoms with Crippen LogP contribution in [-0.4, -0.2) is 45.1 Å². The van der Waals surface area contributed by atoms with Crippen molar-refractivity contribution in [1.82, 2.24) is 25.0 Å². The van der Waals surface area contributed by atoms with Gasteiger partial charge in [-0.15, -0.1) is 5.10 Å². The Morgan fingerprint density at radius 1 is 1.32 bits per heavy atom. The number of H-pyrrole nitrogens is 1. The third kappa shape index (κ3) is 5.24. The number of rotatable bonds is 8. The molecule has 0 radical (unpaired) electrons. The fourth-order valence-corrected chi connectivity index (χ4v) is 3.27. The van der Waals surface area contributed by atoms with Crippen LogP contribution < -0.4 is 14.8 Å². The molecule has 2 heterocycles. The maximum atomic E-state index is 12.3. The Morgan fingerprint density at radius 3 is 2.77 bits per heavy atom. The molecular formula is C21H25ClN6O3. The number of amides is 1. The number of aromatic nitrogens is 5. The summed E-state index contributed by atoms with van der Waals surface area (Å²) in [6.45, 7) is 6.73. The highest BCUT2D eigenvalue weighted by Gasteiger charge is 2.14. The summed E-state index contributed by atoms with van der Waals surface area (Å²) >= 11 is 6.41. The summed E-state index contributed by atoms with van der Waals surface area (Å²) in [4.78, 5) is 16.7. The smallest absolute Gasteiger partial charge is 0.250 e. The quantitative estimate of drug-likeness (QED) is 0.509. The Kier molecular flexibility index (Phi) is 6.96. The van der Waals surface area contributed by atoms with Crippen molar-refractivity contribution in [3.63, 3.8) is 0 Å². The number of nitrogens with zero attached hydrogens (tertiary/aromatic N) is 4. The van der Waals surface area contributed by atoms with E-state index in [9.17, 15) is 4.79 Å². The second-order valence-electron chi connectivity index (χ2n) is 7.26. The summed E-state index contributed by atoms with van der Waals surface area (Å²) in [5.41, 5.74) is 2.14. The average molecular weight is 445 g/mol. The lowest BCUT2D eigenvalue weighted by molar-refractivity contribution is -0.111. The van der Waals surface area contributed by atoms with E-state index in [0.717, 1.165) is 5.69 Å². The molecular weight excluding hydrogens is 420 g/mol. The highest BCUT2D eigenvalue weighted by atomic mass is 35.5. The molecule has 2 aromatic heterocycles. The molecule has 0 aliphatic heterocycles. The van der Waals surface area contributed by atoms with Gasteiger partial charge in [-0.3, -0.25) is 19.9 Å². The first-order valence-electron chi connectivity index (χ1n) is 9.69. The van der Waals surface area contributed by atoms with Crippen LogP contribution in [0.3, 0.4) is 0 Å². The zero-order chi connectivity index (χ0) is 22.5. The molecule has 0 spiro atoms. The Bertz CT molecular complexity index is 1100. The Hall–Kier alpha value is -3.33. The van der Waals surface area contributed by atoms with Gasteiger partial charge in [-0.1, -0.05) is 25.4 Å². The molecule has 0 saturated heterocycles. The van der Waals surface area contributed by atoms with Crippen molar-refractivity contribution in [2.75, 3.05) is 19.5 Å². The monoisotopic (exact) mass is 444 g/mol. The number of aryl methyl sites for hydroxylation is 1. The molecule has 164 valence electrons. The molecule has 0 aliphatic carbocycles. The number of hydrogen-bond donors (Lipinski definition) is 2. The summed E-state index contributed by atoms with van der Waals surface area (Å²) < 4.78 is 12.3. The fourth-order valence-electron chi connectivity index (χ4n) is 2.97. The Balaban J connectivity index is 1.72. The number of halogens is 1. The summed E-state index contributed by atoms with van der Waals surface area (Å²) in [5, 5.41) is 14.4. The van der Waals surface area contributed by atoms with Crippen LogP contribution in [0.2, 0.25) is 5.15 Å². The van der Waals surface area contributed by atoms with Crippen LogP contribution >= 0.6 is 11.6 Å². The largest absolute Gasteiger partial charge is 0.497 e. The third-order valence-electron chi connectivity index (χ3n) is 4.43. The SMILES string of the molecule is COc1ccc(-c2nc(NC(=O)C=Cc3c(C)nn(CC(C)C)c3Cl)n[nH]2)c(OC)c1. The maximum absolute atomic E-state index is 12.3. The topological polar surface area (TPSA) is 107 Å². The van der Waals surface area contributed by atoms with Crippen molar-refractivity contribution in [2.45, 2.75) is 27.3 Å². The zero-order valence-corrected chi connectivity index (χ0v) is 18.8. The van der Waals surface area contributed by atoms with Gasteiger partial charge in [-0.05, 0) is 31.1 Å². The van der Waals surface area contributed by atoms with Crippen LogP contribution in [0.1, 0.15) is 25.1 Å². The van der Waals surface area contributed by atoms with Gasteiger partial charge in [0.1, 0.15) is 16.7 Å². The molecule has 0 atom stereocenters. The minimum atomic E-state index is -0.390. The number of hydrogen-bond acceptors (Lipinski definition) is 6.